The Morgan fingerprint density at radius 3 is 2.79 bits per heavy atom. The fourth-order valence-corrected chi connectivity index (χ4v) is 5.74. The Balaban J connectivity index is 1.31. The van der Waals surface area contributed by atoms with Gasteiger partial charge in [-0.2, -0.15) is 0 Å². The second kappa shape index (κ2) is 6.86. The van der Waals surface area contributed by atoms with Crippen LogP contribution in [0.3, 0.4) is 0 Å². The summed E-state index contributed by atoms with van der Waals surface area (Å²) in [6, 6.07) is 2.15. The minimum atomic E-state index is -0.983. The Morgan fingerprint density at radius 2 is 2.03 bits per heavy atom. The highest BCUT2D eigenvalue weighted by Gasteiger charge is 2.63. The minimum absolute atomic E-state index is 0.0440. The molecular formula is C23H21F2N3O5. The molecule has 172 valence electrons. The molecule has 2 bridgehead atoms. The molecule has 8 nitrogen and oxygen atoms in total. The van der Waals surface area contributed by atoms with Gasteiger partial charge in [0.2, 0.25) is 5.43 Å². The van der Waals surface area contributed by atoms with E-state index in [1.54, 1.807) is 4.90 Å². The third-order valence-electron chi connectivity index (χ3n) is 7.40. The molecule has 2 saturated carbocycles. The first-order valence-electron chi connectivity index (χ1n) is 10.9. The number of benzene rings is 1. The topological polar surface area (TPSA) is 101 Å². The van der Waals surface area contributed by atoms with Crippen LogP contribution in [0.5, 0.6) is 5.75 Å². The molecule has 2 N–H and O–H groups in total. The van der Waals surface area contributed by atoms with Gasteiger partial charge in [-0.1, -0.05) is 6.07 Å². The smallest absolute Gasteiger partial charge is 0.276 e. The van der Waals surface area contributed by atoms with Crippen molar-refractivity contribution in [2.75, 3.05) is 0 Å². The lowest BCUT2D eigenvalue weighted by Crippen LogP contribution is -2.58. The summed E-state index contributed by atoms with van der Waals surface area (Å²) in [4.78, 5) is 40.5. The Bertz CT molecular complexity index is 1280. The van der Waals surface area contributed by atoms with Crippen LogP contribution in [0.2, 0.25) is 0 Å². The Labute approximate surface area is 186 Å². The quantitative estimate of drug-likeness (QED) is 0.734. The largest absolute Gasteiger partial charge is 0.503 e. The fourth-order valence-electron chi connectivity index (χ4n) is 5.74. The van der Waals surface area contributed by atoms with E-state index in [1.165, 1.54) is 23.8 Å². The molecule has 0 radical (unpaired) electrons. The molecule has 3 heterocycles. The molecule has 0 spiro atoms. The van der Waals surface area contributed by atoms with Crippen molar-refractivity contribution in [2.45, 2.75) is 50.7 Å². The van der Waals surface area contributed by atoms with Crippen molar-refractivity contribution in [1.29, 1.82) is 0 Å². The number of halogens is 2. The van der Waals surface area contributed by atoms with E-state index in [9.17, 15) is 28.3 Å². The molecule has 3 fully saturated rings. The average molecular weight is 457 g/mol. The molecule has 2 aromatic rings. The zero-order chi connectivity index (χ0) is 23.2. The minimum Gasteiger partial charge on any atom is -0.503 e. The summed E-state index contributed by atoms with van der Waals surface area (Å²) in [6.45, 7) is 1.67. The predicted molar refractivity (Wildman–Crippen MR) is 109 cm³/mol. The van der Waals surface area contributed by atoms with E-state index in [-0.39, 0.29) is 35.5 Å². The van der Waals surface area contributed by atoms with Gasteiger partial charge in [0.1, 0.15) is 17.2 Å². The lowest BCUT2D eigenvalue weighted by molar-refractivity contribution is -0.144. The molecule has 2 amide bonds. The number of nitrogens with one attached hydrogen (secondary N) is 1. The van der Waals surface area contributed by atoms with Gasteiger partial charge in [-0.05, 0) is 37.7 Å². The maximum absolute atomic E-state index is 14.1. The average Bonchev–Trinajstić information content (AvgIpc) is 3.51. The van der Waals surface area contributed by atoms with Gasteiger partial charge in [-0.15, -0.1) is 0 Å². The van der Waals surface area contributed by atoms with Crippen molar-refractivity contribution >= 4 is 11.8 Å². The zero-order valence-corrected chi connectivity index (χ0v) is 17.6. The monoisotopic (exact) mass is 457 g/mol. The van der Waals surface area contributed by atoms with Gasteiger partial charge in [0.25, 0.3) is 11.8 Å². The molecule has 4 aliphatic rings. The maximum Gasteiger partial charge on any atom is 0.276 e. The summed E-state index contributed by atoms with van der Waals surface area (Å²) in [5, 5.41) is 13.1. The van der Waals surface area contributed by atoms with E-state index < -0.39 is 46.9 Å². The number of hydrogen-bond acceptors (Lipinski definition) is 5. The van der Waals surface area contributed by atoms with Gasteiger partial charge in [0.15, 0.2) is 17.7 Å². The molecular weight excluding hydrogens is 436 g/mol. The summed E-state index contributed by atoms with van der Waals surface area (Å²) in [5.74, 6) is -2.84. The molecule has 6 rings (SSSR count). The highest BCUT2D eigenvalue weighted by molar-refractivity contribution is 5.99. The number of carbonyl (C=O) groups excluding carboxylic acids is 2. The van der Waals surface area contributed by atoms with E-state index in [0.717, 1.165) is 18.9 Å². The van der Waals surface area contributed by atoms with Gasteiger partial charge >= 0.3 is 0 Å². The van der Waals surface area contributed by atoms with Crippen LogP contribution in [0.4, 0.5) is 8.78 Å². The first-order chi connectivity index (χ1) is 15.7. The van der Waals surface area contributed by atoms with Crippen LogP contribution >= 0.6 is 0 Å². The molecule has 2 aliphatic heterocycles. The van der Waals surface area contributed by atoms with Gasteiger partial charge in [0, 0.05) is 23.9 Å². The van der Waals surface area contributed by atoms with Crippen molar-refractivity contribution in [3.8, 4) is 5.75 Å². The lowest BCUT2D eigenvalue weighted by Gasteiger charge is -2.45. The van der Waals surface area contributed by atoms with E-state index in [4.69, 9.17) is 4.74 Å². The van der Waals surface area contributed by atoms with Gasteiger partial charge in [0.05, 0.1) is 18.7 Å². The van der Waals surface area contributed by atoms with Crippen LogP contribution in [-0.2, 0) is 11.3 Å². The fraction of sp³-hybridized carbons (Fsp3) is 0.435. The number of nitrogens with zero attached hydrogens (tertiary/aromatic N) is 2. The second-order valence-electron chi connectivity index (χ2n) is 9.29. The SMILES string of the molecule is C[C@@H](NC(=O)c1cn2c(c(O)c1=O)C(=O)N1[C@@H](C2)OC2C[C@H]1[C@H]1C[C@@H]21)c1ccc(F)cc1F. The van der Waals surface area contributed by atoms with Crippen molar-refractivity contribution < 1.29 is 28.2 Å². The zero-order valence-electron chi connectivity index (χ0n) is 17.6. The van der Waals surface area contributed by atoms with Crippen LogP contribution in [0.1, 0.15) is 52.2 Å². The molecule has 2 aliphatic carbocycles. The maximum atomic E-state index is 14.1. The number of amides is 2. The van der Waals surface area contributed by atoms with Gasteiger partial charge in [-0.3, -0.25) is 14.4 Å². The normalized spacial score (nSPS) is 29.7. The Morgan fingerprint density at radius 1 is 1.24 bits per heavy atom. The van der Waals surface area contributed by atoms with Crippen LogP contribution in [-0.4, -0.2) is 44.8 Å². The number of aromatic hydroxyl groups is 1. The van der Waals surface area contributed by atoms with Crippen molar-refractivity contribution in [1.82, 2.24) is 14.8 Å². The summed E-state index contributed by atoms with van der Waals surface area (Å²) >= 11 is 0. The summed E-state index contributed by atoms with van der Waals surface area (Å²) < 4.78 is 34.8. The molecule has 10 heteroatoms. The molecule has 1 aromatic heterocycles. The van der Waals surface area contributed by atoms with E-state index in [2.05, 4.69) is 5.32 Å². The highest BCUT2D eigenvalue weighted by atomic mass is 19.1. The third-order valence-corrected chi connectivity index (χ3v) is 7.40. The molecule has 1 aromatic carbocycles. The number of fused-ring (bicyclic) bond motifs is 8. The summed E-state index contributed by atoms with van der Waals surface area (Å²) in [5.41, 5.74) is -1.48. The first-order valence-corrected chi connectivity index (χ1v) is 10.9. The summed E-state index contributed by atoms with van der Waals surface area (Å²) in [7, 11) is 0. The Hall–Kier alpha value is -3.27. The lowest BCUT2D eigenvalue weighted by atomic mass is 10.0. The number of ether oxygens (including phenoxy) is 1. The van der Waals surface area contributed by atoms with Gasteiger partial charge < -0.3 is 24.6 Å². The predicted octanol–water partition coefficient (Wildman–Crippen LogP) is 1.91. The second-order valence-corrected chi connectivity index (χ2v) is 9.29. The Kier molecular flexibility index (Phi) is 4.23. The number of hydrogen-bond donors (Lipinski definition) is 2. The van der Waals surface area contributed by atoms with Crippen LogP contribution < -0.4 is 10.7 Å². The third kappa shape index (κ3) is 2.93. The van der Waals surface area contributed by atoms with Crippen molar-refractivity contribution in [2.24, 2.45) is 11.8 Å². The first kappa shape index (κ1) is 20.3. The van der Waals surface area contributed by atoms with E-state index in [0.29, 0.717) is 17.9 Å². The standard InChI is InChI=1S/C23H21F2N3O5/c1-9(11-3-2-10(24)4-15(11)25)26-22(31)14-7-27-8-18-28(23(32)19(27)21(30)20(14)29)16-6-17(33-18)13-5-12(13)16/h2-4,7,9,12-13,16-18,30H,5-6,8H2,1H3,(H,26,31)/t9-,12+,13-,16+,17?,18-/m1/s1. The number of carbonyl (C=O) groups is 2. The van der Waals surface area contributed by atoms with Crippen molar-refractivity contribution in [3.63, 3.8) is 0 Å². The molecule has 33 heavy (non-hydrogen) atoms. The number of pyridine rings is 1. The van der Waals surface area contributed by atoms with Crippen LogP contribution in [0, 0.1) is 23.5 Å². The van der Waals surface area contributed by atoms with Gasteiger partial charge in [-0.25, -0.2) is 8.78 Å². The van der Waals surface area contributed by atoms with E-state index >= 15 is 0 Å². The summed E-state index contributed by atoms with van der Waals surface area (Å²) in [6.07, 6.45) is 2.61. The molecule has 1 unspecified atom stereocenters. The highest BCUT2D eigenvalue weighted by Crippen LogP contribution is 2.58. The molecule has 1 saturated heterocycles. The van der Waals surface area contributed by atoms with E-state index in [1.807, 2.05) is 0 Å². The molecule has 6 atom stereocenters. The number of rotatable bonds is 3. The van der Waals surface area contributed by atoms with Crippen molar-refractivity contribution in [3.05, 3.63) is 63.1 Å². The number of aromatic nitrogens is 1. The van der Waals surface area contributed by atoms with Crippen LogP contribution in [0.15, 0.2) is 29.2 Å². The van der Waals surface area contributed by atoms with Crippen LogP contribution in [0.25, 0.3) is 0 Å².